The fourth-order valence-electron chi connectivity index (χ4n) is 2.00. The van der Waals surface area contributed by atoms with Crippen molar-refractivity contribution in [1.29, 1.82) is 0 Å². The summed E-state index contributed by atoms with van der Waals surface area (Å²) in [5.74, 6) is -0.0620. The zero-order chi connectivity index (χ0) is 15.2. The summed E-state index contributed by atoms with van der Waals surface area (Å²) in [6.45, 7) is 7.51. The number of nitrogens with zero attached hydrogens (tertiary/aromatic N) is 1. The highest BCUT2D eigenvalue weighted by molar-refractivity contribution is 7.09. The van der Waals surface area contributed by atoms with Crippen molar-refractivity contribution in [3.8, 4) is 0 Å². The quantitative estimate of drug-likeness (QED) is 0.858. The molecule has 0 saturated heterocycles. The van der Waals surface area contributed by atoms with Crippen molar-refractivity contribution in [2.75, 3.05) is 11.9 Å². The third kappa shape index (κ3) is 4.29. The number of carbonyl (C=O) groups is 1. The SMILES string of the molecule is CCCNc1ccc(C(=O)NCc2nc(C)cs2)cc1C. The van der Waals surface area contributed by atoms with Gasteiger partial charge in [0.15, 0.2) is 0 Å². The zero-order valence-corrected chi connectivity index (χ0v) is 13.5. The fraction of sp³-hybridized carbons (Fsp3) is 0.375. The largest absolute Gasteiger partial charge is 0.385 e. The summed E-state index contributed by atoms with van der Waals surface area (Å²) in [6.07, 6.45) is 1.08. The number of anilines is 1. The number of aryl methyl sites for hydroxylation is 2. The van der Waals surface area contributed by atoms with Crippen LogP contribution in [0.5, 0.6) is 0 Å². The van der Waals surface area contributed by atoms with E-state index in [-0.39, 0.29) is 5.91 Å². The van der Waals surface area contributed by atoms with Crippen molar-refractivity contribution in [3.63, 3.8) is 0 Å². The van der Waals surface area contributed by atoms with E-state index in [0.29, 0.717) is 12.1 Å². The number of hydrogen-bond donors (Lipinski definition) is 2. The summed E-state index contributed by atoms with van der Waals surface area (Å²) in [7, 11) is 0. The number of hydrogen-bond acceptors (Lipinski definition) is 4. The van der Waals surface area contributed by atoms with Crippen LogP contribution in [0.4, 0.5) is 5.69 Å². The summed E-state index contributed by atoms with van der Waals surface area (Å²) < 4.78 is 0. The minimum Gasteiger partial charge on any atom is -0.385 e. The summed E-state index contributed by atoms with van der Waals surface area (Å²) in [5.41, 5.74) is 3.85. The maximum Gasteiger partial charge on any atom is 0.251 e. The molecule has 4 nitrogen and oxygen atoms in total. The van der Waals surface area contributed by atoms with Crippen LogP contribution >= 0.6 is 11.3 Å². The highest BCUT2D eigenvalue weighted by Crippen LogP contribution is 2.17. The monoisotopic (exact) mass is 303 g/mol. The van der Waals surface area contributed by atoms with Gasteiger partial charge < -0.3 is 10.6 Å². The predicted molar refractivity (Wildman–Crippen MR) is 88.0 cm³/mol. The molecule has 1 heterocycles. The van der Waals surface area contributed by atoms with E-state index < -0.39 is 0 Å². The number of rotatable bonds is 6. The highest BCUT2D eigenvalue weighted by atomic mass is 32.1. The maximum absolute atomic E-state index is 12.1. The molecule has 0 unspecified atom stereocenters. The third-order valence-electron chi connectivity index (χ3n) is 3.12. The lowest BCUT2D eigenvalue weighted by Gasteiger charge is -2.10. The van der Waals surface area contributed by atoms with Gasteiger partial charge in [-0.25, -0.2) is 4.98 Å². The molecule has 0 bridgehead atoms. The second-order valence-electron chi connectivity index (χ2n) is 5.02. The second-order valence-corrected chi connectivity index (χ2v) is 5.96. The second kappa shape index (κ2) is 7.22. The Morgan fingerprint density at radius 3 is 2.76 bits per heavy atom. The van der Waals surface area contributed by atoms with Gasteiger partial charge in [0.05, 0.1) is 6.54 Å². The molecule has 0 spiro atoms. The Labute approximate surface area is 129 Å². The van der Waals surface area contributed by atoms with Gasteiger partial charge >= 0.3 is 0 Å². The van der Waals surface area contributed by atoms with Crippen LogP contribution in [0.15, 0.2) is 23.6 Å². The number of nitrogens with one attached hydrogen (secondary N) is 2. The van der Waals surface area contributed by atoms with E-state index in [0.717, 1.165) is 34.9 Å². The average molecular weight is 303 g/mol. The van der Waals surface area contributed by atoms with Crippen LogP contribution in [0.3, 0.4) is 0 Å². The van der Waals surface area contributed by atoms with Crippen LogP contribution in [-0.2, 0) is 6.54 Å². The summed E-state index contributed by atoms with van der Waals surface area (Å²) in [5, 5.41) is 9.17. The molecular formula is C16H21N3OS. The lowest BCUT2D eigenvalue weighted by atomic mass is 10.1. The molecule has 5 heteroatoms. The molecule has 0 aliphatic heterocycles. The Kier molecular flexibility index (Phi) is 5.33. The molecule has 112 valence electrons. The molecule has 21 heavy (non-hydrogen) atoms. The molecular weight excluding hydrogens is 282 g/mol. The standard InChI is InChI=1S/C16H21N3OS/c1-4-7-17-14-6-5-13(8-11(14)2)16(20)18-9-15-19-12(3)10-21-15/h5-6,8,10,17H,4,7,9H2,1-3H3,(H,18,20). The van der Waals surface area contributed by atoms with Gasteiger partial charge in [0.2, 0.25) is 0 Å². The Hall–Kier alpha value is -1.88. The number of benzene rings is 1. The lowest BCUT2D eigenvalue weighted by molar-refractivity contribution is 0.0951. The topological polar surface area (TPSA) is 54.0 Å². The van der Waals surface area contributed by atoms with Gasteiger partial charge in [-0.3, -0.25) is 4.79 Å². The minimum atomic E-state index is -0.0620. The normalized spacial score (nSPS) is 10.4. The number of amides is 1. The van der Waals surface area contributed by atoms with E-state index >= 15 is 0 Å². The van der Waals surface area contributed by atoms with Crippen molar-refractivity contribution >= 4 is 22.9 Å². The Morgan fingerprint density at radius 1 is 1.33 bits per heavy atom. The van der Waals surface area contributed by atoms with Crippen molar-refractivity contribution in [1.82, 2.24) is 10.3 Å². The van der Waals surface area contributed by atoms with Gasteiger partial charge in [-0.15, -0.1) is 11.3 Å². The van der Waals surface area contributed by atoms with Gasteiger partial charge in [-0.2, -0.15) is 0 Å². The highest BCUT2D eigenvalue weighted by Gasteiger charge is 2.08. The number of carbonyl (C=O) groups excluding carboxylic acids is 1. The van der Waals surface area contributed by atoms with E-state index in [1.807, 2.05) is 37.4 Å². The van der Waals surface area contributed by atoms with Gasteiger partial charge in [-0.05, 0) is 44.0 Å². The van der Waals surface area contributed by atoms with E-state index in [2.05, 4.69) is 22.5 Å². The summed E-state index contributed by atoms with van der Waals surface area (Å²) in [6, 6.07) is 5.74. The Balaban J connectivity index is 1.97. The first-order valence-electron chi connectivity index (χ1n) is 7.14. The number of thiazole rings is 1. The molecule has 1 aromatic heterocycles. The molecule has 1 aromatic carbocycles. The lowest BCUT2D eigenvalue weighted by Crippen LogP contribution is -2.22. The zero-order valence-electron chi connectivity index (χ0n) is 12.7. The van der Waals surface area contributed by atoms with E-state index in [4.69, 9.17) is 0 Å². The van der Waals surface area contributed by atoms with Gasteiger partial charge in [-0.1, -0.05) is 6.92 Å². The van der Waals surface area contributed by atoms with Gasteiger partial charge in [0.25, 0.3) is 5.91 Å². The number of aromatic nitrogens is 1. The first-order valence-corrected chi connectivity index (χ1v) is 8.02. The molecule has 0 atom stereocenters. The van der Waals surface area contributed by atoms with Crippen molar-refractivity contribution in [2.45, 2.75) is 33.7 Å². The predicted octanol–water partition coefficient (Wildman–Crippen LogP) is 3.51. The van der Waals surface area contributed by atoms with Crippen LogP contribution in [0.2, 0.25) is 0 Å². The molecule has 0 fully saturated rings. The molecule has 1 amide bonds. The van der Waals surface area contributed by atoms with E-state index in [1.54, 1.807) is 11.3 Å². The Bertz CT molecular complexity index is 622. The molecule has 0 radical (unpaired) electrons. The smallest absolute Gasteiger partial charge is 0.251 e. The van der Waals surface area contributed by atoms with Crippen LogP contribution in [0.25, 0.3) is 0 Å². The van der Waals surface area contributed by atoms with Gasteiger partial charge in [0.1, 0.15) is 5.01 Å². The molecule has 0 saturated carbocycles. The van der Waals surface area contributed by atoms with Crippen LogP contribution < -0.4 is 10.6 Å². The van der Waals surface area contributed by atoms with Crippen LogP contribution in [0, 0.1) is 13.8 Å². The third-order valence-corrected chi connectivity index (χ3v) is 4.09. The first kappa shape index (κ1) is 15.5. The molecule has 2 N–H and O–H groups in total. The van der Waals surface area contributed by atoms with Crippen LogP contribution in [-0.4, -0.2) is 17.4 Å². The summed E-state index contributed by atoms with van der Waals surface area (Å²) >= 11 is 1.57. The van der Waals surface area contributed by atoms with Gasteiger partial charge in [0, 0.05) is 28.9 Å². The Morgan fingerprint density at radius 2 is 2.14 bits per heavy atom. The maximum atomic E-state index is 12.1. The van der Waals surface area contributed by atoms with E-state index in [9.17, 15) is 4.79 Å². The first-order chi connectivity index (χ1) is 10.1. The molecule has 2 rings (SSSR count). The van der Waals surface area contributed by atoms with Crippen molar-refractivity contribution < 1.29 is 4.79 Å². The van der Waals surface area contributed by atoms with Crippen molar-refractivity contribution in [3.05, 3.63) is 45.4 Å². The summed E-state index contributed by atoms with van der Waals surface area (Å²) in [4.78, 5) is 16.5. The average Bonchev–Trinajstić information content (AvgIpc) is 2.89. The molecule has 0 aliphatic carbocycles. The molecule has 0 aliphatic rings. The fourth-order valence-corrected chi connectivity index (χ4v) is 2.72. The van der Waals surface area contributed by atoms with Crippen LogP contribution in [0.1, 0.15) is 40.0 Å². The van der Waals surface area contributed by atoms with Crippen molar-refractivity contribution in [2.24, 2.45) is 0 Å². The molecule has 2 aromatic rings. The van der Waals surface area contributed by atoms with E-state index in [1.165, 1.54) is 0 Å². The minimum absolute atomic E-state index is 0.0620.